The number of piperazine rings is 1. The second-order valence-electron chi connectivity index (χ2n) is 11.2. The van der Waals surface area contributed by atoms with Crippen molar-refractivity contribution in [3.63, 3.8) is 0 Å². The highest BCUT2D eigenvalue weighted by molar-refractivity contribution is 7.85. The average molecular weight is 611 g/mol. The molecule has 5 rings (SSSR count). The fourth-order valence-corrected chi connectivity index (χ4v) is 6.44. The Morgan fingerprint density at radius 1 is 0.953 bits per heavy atom. The lowest BCUT2D eigenvalue weighted by Gasteiger charge is -2.44. The smallest absolute Gasteiger partial charge is 0.414 e. The number of hydrogen-bond donors (Lipinski definition) is 1. The third-order valence-electron chi connectivity index (χ3n) is 8.13. The normalized spacial score (nSPS) is 19.9. The summed E-state index contributed by atoms with van der Waals surface area (Å²) in [4.78, 5) is 20.7. The molecule has 2 atom stereocenters. The molecule has 0 spiro atoms. The number of rotatable bonds is 12. The number of nitrogens with zero attached hydrogens (tertiary/aromatic N) is 4. The number of carbonyl (C=O) groups excluding carboxylic acids is 1. The van der Waals surface area contributed by atoms with Gasteiger partial charge in [-0.25, -0.2) is 9.18 Å². The number of likely N-dealkylation sites (N-methyl/N-ethyl adjacent to an activating group) is 1. The topological polar surface area (TPSA) is 93.6 Å². The Morgan fingerprint density at radius 2 is 1.63 bits per heavy atom. The Hall–Kier alpha value is -3.51. The number of cyclic esters (lactones) is 1. The van der Waals surface area contributed by atoms with Crippen molar-refractivity contribution >= 4 is 27.6 Å². The number of hydrogen-bond acceptors (Lipinski definition) is 7. The molecule has 11 heteroatoms. The number of amides is 1. The van der Waals surface area contributed by atoms with Gasteiger partial charge in [-0.15, -0.1) is 0 Å². The van der Waals surface area contributed by atoms with Gasteiger partial charge in [-0.3, -0.25) is 19.3 Å². The first-order valence-corrected chi connectivity index (χ1v) is 16.3. The molecular weight excluding hydrogens is 571 g/mol. The maximum absolute atomic E-state index is 15.7. The van der Waals surface area contributed by atoms with Crippen LogP contribution in [0.3, 0.4) is 0 Å². The monoisotopic (exact) mass is 610 g/mol. The van der Waals surface area contributed by atoms with Crippen LogP contribution in [0.2, 0.25) is 0 Å². The van der Waals surface area contributed by atoms with Gasteiger partial charge in [0.15, 0.2) is 0 Å². The Balaban J connectivity index is 1.30. The van der Waals surface area contributed by atoms with E-state index in [1.54, 1.807) is 12.1 Å². The first-order valence-electron chi connectivity index (χ1n) is 14.7. The first-order chi connectivity index (χ1) is 20.7. The van der Waals surface area contributed by atoms with Gasteiger partial charge < -0.3 is 9.64 Å². The lowest BCUT2D eigenvalue weighted by molar-refractivity contribution is 0.0672. The molecule has 0 unspecified atom stereocenters. The molecule has 2 heterocycles. The van der Waals surface area contributed by atoms with Crippen molar-refractivity contribution < 1.29 is 26.9 Å². The number of carbonyl (C=O) groups is 1. The van der Waals surface area contributed by atoms with Crippen LogP contribution in [0, 0.1) is 5.82 Å². The van der Waals surface area contributed by atoms with Crippen LogP contribution in [0.25, 0.3) is 0 Å². The van der Waals surface area contributed by atoms with E-state index in [4.69, 9.17) is 9.29 Å². The van der Waals surface area contributed by atoms with Gasteiger partial charge >= 0.3 is 6.09 Å². The number of anilines is 2. The summed E-state index contributed by atoms with van der Waals surface area (Å²) >= 11 is 0. The van der Waals surface area contributed by atoms with Crippen molar-refractivity contribution in [1.29, 1.82) is 0 Å². The van der Waals surface area contributed by atoms with Crippen molar-refractivity contribution in [1.82, 2.24) is 9.80 Å². The van der Waals surface area contributed by atoms with Crippen LogP contribution in [0.4, 0.5) is 20.6 Å². The van der Waals surface area contributed by atoms with E-state index >= 15 is 4.39 Å². The molecule has 9 nitrogen and oxygen atoms in total. The second-order valence-corrected chi connectivity index (χ2v) is 12.8. The van der Waals surface area contributed by atoms with Crippen LogP contribution in [0.1, 0.15) is 24.5 Å². The van der Waals surface area contributed by atoms with E-state index in [0.717, 1.165) is 32.7 Å². The van der Waals surface area contributed by atoms with E-state index in [-0.39, 0.29) is 19.0 Å². The number of ether oxygens (including phenoxy) is 1. The van der Waals surface area contributed by atoms with Gasteiger partial charge in [0.2, 0.25) is 0 Å². The Kier molecular flexibility index (Phi) is 9.97. The largest absolute Gasteiger partial charge is 0.444 e. The maximum atomic E-state index is 15.7. The molecule has 2 saturated heterocycles. The molecule has 0 radical (unpaired) electrons. The van der Waals surface area contributed by atoms with Crippen LogP contribution in [-0.2, 0) is 27.9 Å². The number of benzene rings is 3. The van der Waals surface area contributed by atoms with E-state index in [1.165, 1.54) is 22.1 Å². The van der Waals surface area contributed by atoms with E-state index in [0.29, 0.717) is 24.5 Å². The molecule has 1 amide bonds. The molecular formula is C32H39FN4O5S. The maximum Gasteiger partial charge on any atom is 0.414 e. The summed E-state index contributed by atoms with van der Waals surface area (Å²) in [6.45, 7) is 7.72. The minimum atomic E-state index is -4.17. The van der Waals surface area contributed by atoms with Crippen molar-refractivity contribution in [2.45, 2.75) is 38.6 Å². The third-order valence-corrected chi connectivity index (χ3v) is 8.89. The quantitative estimate of drug-likeness (QED) is 0.297. The minimum absolute atomic E-state index is 0.0343. The zero-order valence-corrected chi connectivity index (χ0v) is 25.2. The SMILES string of the molecule is CCN(C[C@H]1CN(Cc2ccccc2)CCN1Cc1ccccc1)c1ccc(N2C[C@@H](CCS(=O)(=O)O)OC2=O)cc1F. The highest BCUT2D eigenvalue weighted by Gasteiger charge is 2.34. The summed E-state index contributed by atoms with van der Waals surface area (Å²) < 4.78 is 52.1. The predicted octanol–water partition coefficient (Wildman–Crippen LogP) is 4.64. The summed E-state index contributed by atoms with van der Waals surface area (Å²) in [7, 11) is -4.17. The third kappa shape index (κ3) is 8.32. The molecule has 3 aromatic carbocycles. The highest BCUT2D eigenvalue weighted by atomic mass is 32.2. The predicted molar refractivity (Wildman–Crippen MR) is 165 cm³/mol. The van der Waals surface area contributed by atoms with Crippen LogP contribution >= 0.6 is 0 Å². The van der Waals surface area contributed by atoms with Crippen LogP contribution in [0.5, 0.6) is 0 Å². The molecule has 3 aromatic rings. The lowest BCUT2D eigenvalue weighted by atomic mass is 10.1. The molecule has 0 aliphatic carbocycles. The summed E-state index contributed by atoms with van der Waals surface area (Å²) in [5.41, 5.74) is 3.32. The molecule has 0 aromatic heterocycles. The molecule has 2 aliphatic heterocycles. The molecule has 0 bridgehead atoms. The molecule has 0 saturated carbocycles. The van der Waals surface area contributed by atoms with Gasteiger partial charge in [0.05, 0.1) is 23.7 Å². The van der Waals surface area contributed by atoms with Crippen molar-refractivity contribution in [2.24, 2.45) is 0 Å². The zero-order valence-electron chi connectivity index (χ0n) is 24.4. The van der Waals surface area contributed by atoms with E-state index in [9.17, 15) is 13.2 Å². The van der Waals surface area contributed by atoms with Crippen molar-refractivity contribution in [3.8, 4) is 0 Å². The van der Waals surface area contributed by atoms with Gasteiger partial charge in [0.1, 0.15) is 11.9 Å². The molecule has 2 aliphatic rings. The van der Waals surface area contributed by atoms with Gasteiger partial charge in [-0.05, 0) is 36.2 Å². The summed E-state index contributed by atoms with van der Waals surface area (Å²) in [5.74, 6) is -0.955. The summed E-state index contributed by atoms with van der Waals surface area (Å²) in [6.07, 6.45) is -1.41. The Bertz CT molecular complexity index is 1480. The standard InChI is InChI=1S/C32H39FN4O5S/c1-2-35(31-14-13-27(19-30(31)33)37-24-29(42-32(37)38)15-18-43(39,40)41)23-28-22-34(20-25-9-5-3-6-10-25)16-17-36(28)21-26-11-7-4-8-12-26/h3-14,19,28-29H,2,15-18,20-24H2,1H3,(H,39,40,41)/t28-,29-/m1/s1. The zero-order chi connectivity index (χ0) is 30.4. The van der Waals surface area contributed by atoms with Crippen molar-refractivity contribution in [2.75, 3.05) is 54.8 Å². The van der Waals surface area contributed by atoms with Crippen molar-refractivity contribution in [3.05, 3.63) is 95.8 Å². The van der Waals surface area contributed by atoms with Gasteiger partial charge in [0.25, 0.3) is 10.1 Å². The van der Waals surface area contributed by atoms with Gasteiger partial charge in [0, 0.05) is 58.3 Å². The molecule has 1 N–H and O–H groups in total. The van der Waals surface area contributed by atoms with Crippen LogP contribution in [0.15, 0.2) is 78.9 Å². The molecule has 43 heavy (non-hydrogen) atoms. The van der Waals surface area contributed by atoms with Gasteiger partial charge in [-0.2, -0.15) is 8.42 Å². The highest BCUT2D eigenvalue weighted by Crippen LogP contribution is 2.29. The minimum Gasteiger partial charge on any atom is -0.444 e. The van der Waals surface area contributed by atoms with Crippen LogP contribution < -0.4 is 9.80 Å². The molecule has 2 fully saturated rings. The first kappa shape index (κ1) is 30.9. The summed E-state index contributed by atoms with van der Waals surface area (Å²) in [5, 5.41) is 0. The van der Waals surface area contributed by atoms with Gasteiger partial charge in [-0.1, -0.05) is 60.7 Å². The van der Waals surface area contributed by atoms with Crippen LogP contribution in [-0.4, -0.2) is 86.0 Å². The van der Waals surface area contributed by atoms with E-state index in [1.807, 2.05) is 24.0 Å². The molecule has 230 valence electrons. The Labute approximate surface area is 253 Å². The fourth-order valence-electron chi connectivity index (χ4n) is 5.88. The summed E-state index contributed by atoms with van der Waals surface area (Å²) in [6, 6.07) is 25.7. The number of halogens is 1. The lowest BCUT2D eigenvalue weighted by Crippen LogP contribution is -2.56. The second kappa shape index (κ2) is 13.9. The fraction of sp³-hybridized carbons (Fsp3) is 0.406. The van der Waals surface area contributed by atoms with E-state index in [2.05, 4.69) is 58.3 Å². The Morgan fingerprint density at radius 3 is 2.26 bits per heavy atom. The average Bonchev–Trinajstić information content (AvgIpc) is 3.37. The van der Waals surface area contributed by atoms with E-state index < -0.39 is 33.9 Å².